The zero-order chi connectivity index (χ0) is 19.8. The first-order chi connectivity index (χ1) is 12.7. The van der Waals surface area contributed by atoms with Crippen LogP contribution in [0.1, 0.15) is 56.8 Å². The topological polar surface area (TPSA) is 80.8 Å². The molecule has 0 radical (unpaired) electrons. The van der Waals surface area contributed by atoms with Gasteiger partial charge in [-0.05, 0) is 37.1 Å². The van der Waals surface area contributed by atoms with Gasteiger partial charge in [-0.1, -0.05) is 33.6 Å². The third kappa shape index (κ3) is 3.80. The Kier molecular flexibility index (Phi) is 5.18. The Bertz CT molecular complexity index is 751. The maximum Gasteiger partial charge on any atom is 0.338 e. The van der Waals surface area contributed by atoms with Gasteiger partial charge >= 0.3 is 5.97 Å². The molecule has 3 rings (SSSR count). The Morgan fingerprint density at radius 1 is 1.00 bits per heavy atom. The van der Waals surface area contributed by atoms with Crippen LogP contribution in [-0.4, -0.2) is 30.2 Å². The van der Waals surface area contributed by atoms with Gasteiger partial charge < -0.3 is 4.74 Å². The van der Waals surface area contributed by atoms with Gasteiger partial charge in [-0.25, -0.2) is 4.79 Å². The van der Waals surface area contributed by atoms with Crippen LogP contribution in [0.4, 0.5) is 5.69 Å². The molecule has 1 aromatic carbocycles. The summed E-state index contributed by atoms with van der Waals surface area (Å²) in [6, 6.07) is 6.19. The third-order valence-electron chi connectivity index (χ3n) is 5.37. The molecular formula is C21H25NO5. The van der Waals surface area contributed by atoms with Crippen molar-refractivity contribution in [1.29, 1.82) is 0 Å². The molecule has 1 saturated heterocycles. The van der Waals surface area contributed by atoms with Crippen LogP contribution >= 0.6 is 0 Å². The van der Waals surface area contributed by atoms with Crippen molar-refractivity contribution in [3.63, 3.8) is 0 Å². The monoisotopic (exact) mass is 371 g/mol. The van der Waals surface area contributed by atoms with E-state index in [1.54, 1.807) is 32.9 Å². The molecule has 27 heavy (non-hydrogen) atoms. The first-order valence-corrected chi connectivity index (χ1v) is 9.38. The Morgan fingerprint density at radius 3 is 2.00 bits per heavy atom. The standard InChI is InChI=1S/C21H25NO5/c1-21(2,3)17(23)12-27-20(26)13-8-10-14(11-9-13)22-18(24)15-6-4-5-7-16(15)19(22)25/h8-11,15-16H,4-7,12H2,1-3H3/t15-,16-/m1/s1. The number of Topliss-reactive ketones (excluding diaryl/α,β-unsaturated/α-hetero) is 1. The van der Waals surface area contributed by atoms with Gasteiger partial charge in [-0.15, -0.1) is 0 Å². The number of carbonyl (C=O) groups is 4. The van der Waals surface area contributed by atoms with E-state index in [-0.39, 0.29) is 41.6 Å². The number of amides is 2. The number of carbonyl (C=O) groups excluding carboxylic acids is 4. The highest BCUT2D eigenvalue weighted by Gasteiger charge is 2.48. The molecule has 0 unspecified atom stereocenters. The molecule has 0 aromatic heterocycles. The average Bonchev–Trinajstić information content (AvgIpc) is 2.90. The number of nitrogens with zero attached hydrogens (tertiary/aromatic N) is 1. The maximum atomic E-state index is 12.6. The second kappa shape index (κ2) is 7.25. The van der Waals surface area contributed by atoms with Gasteiger partial charge in [0.05, 0.1) is 23.1 Å². The summed E-state index contributed by atoms with van der Waals surface area (Å²) in [7, 11) is 0. The van der Waals surface area contributed by atoms with E-state index in [0.717, 1.165) is 25.7 Å². The highest BCUT2D eigenvalue weighted by molar-refractivity contribution is 6.22. The number of anilines is 1. The molecule has 2 atom stereocenters. The fraction of sp³-hybridized carbons (Fsp3) is 0.524. The summed E-state index contributed by atoms with van der Waals surface area (Å²) in [4.78, 5) is 50.5. The Balaban J connectivity index is 1.68. The largest absolute Gasteiger partial charge is 0.454 e. The van der Waals surface area contributed by atoms with E-state index < -0.39 is 11.4 Å². The van der Waals surface area contributed by atoms with Crippen LogP contribution in [0.3, 0.4) is 0 Å². The summed E-state index contributed by atoms with van der Waals surface area (Å²) in [6.07, 6.45) is 3.48. The number of hydrogen-bond donors (Lipinski definition) is 0. The Labute approximate surface area is 158 Å². The van der Waals surface area contributed by atoms with Crippen molar-refractivity contribution in [2.45, 2.75) is 46.5 Å². The van der Waals surface area contributed by atoms with Crippen molar-refractivity contribution in [2.75, 3.05) is 11.5 Å². The van der Waals surface area contributed by atoms with Gasteiger partial charge in [0.2, 0.25) is 11.8 Å². The SMILES string of the molecule is CC(C)(C)C(=O)COC(=O)c1ccc(N2C(=O)[C@@H]3CCCC[C@H]3C2=O)cc1. The number of esters is 1. The summed E-state index contributed by atoms with van der Waals surface area (Å²) >= 11 is 0. The number of benzene rings is 1. The molecule has 1 aliphatic carbocycles. The summed E-state index contributed by atoms with van der Waals surface area (Å²) in [5.41, 5.74) is 0.177. The minimum Gasteiger partial charge on any atom is -0.454 e. The molecule has 2 amide bonds. The molecular weight excluding hydrogens is 346 g/mol. The predicted molar refractivity (Wildman–Crippen MR) is 99.1 cm³/mol. The van der Waals surface area contributed by atoms with E-state index in [0.29, 0.717) is 5.69 Å². The van der Waals surface area contributed by atoms with Crippen molar-refractivity contribution in [3.05, 3.63) is 29.8 Å². The molecule has 1 saturated carbocycles. The fourth-order valence-electron chi connectivity index (χ4n) is 3.59. The lowest BCUT2D eigenvalue weighted by molar-refractivity contribution is -0.129. The zero-order valence-electron chi connectivity index (χ0n) is 16.0. The number of hydrogen-bond acceptors (Lipinski definition) is 5. The zero-order valence-corrected chi connectivity index (χ0v) is 16.0. The second-order valence-electron chi connectivity index (χ2n) is 8.31. The molecule has 0 bridgehead atoms. The fourth-order valence-corrected chi connectivity index (χ4v) is 3.59. The van der Waals surface area contributed by atoms with Gasteiger partial charge in [0.15, 0.2) is 12.4 Å². The van der Waals surface area contributed by atoms with Crippen LogP contribution in [0.25, 0.3) is 0 Å². The van der Waals surface area contributed by atoms with Crippen LogP contribution < -0.4 is 4.90 Å². The van der Waals surface area contributed by atoms with Crippen molar-refractivity contribution < 1.29 is 23.9 Å². The summed E-state index contributed by atoms with van der Waals surface area (Å²) in [5, 5.41) is 0. The van der Waals surface area contributed by atoms with Gasteiger partial charge in [0, 0.05) is 5.41 Å². The molecule has 0 spiro atoms. The Hall–Kier alpha value is -2.50. The smallest absolute Gasteiger partial charge is 0.338 e. The highest BCUT2D eigenvalue weighted by Crippen LogP contribution is 2.40. The maximum absolute atomic E-state index is 12.6. The molecule has 1 aromatic rings. The van der Waals surface area contributed by atoms with Crippen LogP contribution in [0.2, 0.25) is 0 Å². The van der Waals surface area contributed by atoms with Gasteiger partial charge in [0.1, 0.15) is 0 Å². The van der Waals surface area contributed by atoms with E-state index in [1.165, 1.54) is 17.0 Å². The highest BCUT2D eigenvalue weighted by atomic mass is 16.5. The Morgan fingerprint density at radius 2 is 1.52 bits per heavy atom. The van der Waals surface area contributed by atoms with Crippen molar-refractivity contribution in [1.82, 2.24) is 0 Å². The predicted octanol–water partition coefficient (Wildman–Crippen LogP) is 3.14. The first kappa shape index (κ1) is 19.3. The molecule has 6 nitrogen and oxygen atoms in total. The molecule has 6 heteroatoms. The van der Waals surface area contributed by atoms with Crippen LogP contribution in [0.15, 0.2) is 24.3 Å². The van der Waals surface area contributed by atoms with Crippen LogP contribution in [0.5, 0.6) is 0 Å². The van der Waals surface area contributed by atoms with Crippen molar-refractivity contribution in [2.24, 2.45) is 17.3 Å². The quantitative estimate of drug-likeness (QED) is 0.600. The number of imide groups is 1. The average molecular weight is 371 g/mol. The third-order valence-corrected chi connectivity index (χ3v) is 5.37. The van der Waals surface area contributed by atoms with E-state index in [9.17, 15) is 19.2 Å². The van der Waals surface area contributed by atoms with E-state index >= 15 is 0 Å². The molecule has 1 aliphatic heterocycles. The first-order valence-electron chi connectivity index (χ1n) is 9.38. The van der Waals surface area contributed by atoms with E-state index in [1.807, 2.05) is 0 Å². The second-order valence-corrected chi connectivity index (χ2v) is 8.31. The molecule has 1 heterocycles. The van der Waals surface area contributed by atoms with Gasteiger partial charge in [0.25, 0.3) is 0 Å². The lowest BCUT2D eigenvalue weighted by Gasteiger charge is -2.19. The molecule has 144 valence electrons. The lowest BCUT2D eigenvalue weighted by atomic mass is 9.81. The normalized spacial score (nSPS) is 22.6. The van der Waals surface area contributed by atoms with E-state index in [2.05, 4.69) is 0 Å². The minimum absolute atomic E-state index is 0.143. The van der Waals surface area contributed by atoms with Crippen molar-refractivity contribution in [3.8, 4) is 0 Å². The minimum atomic E-state index is -0.605. The number of fused-ring (bicyclic) bond motifs is 1. The van der Waals surface area contributed by atoms with Gasteiger partial charge in [-0.2, -0.15) is 0 Å². The van der Waals surface area contributed by atoms with Gasteiger partial charge in [-0.3, -0.25) is 19.3 Å². The molecule has 2 fully saturated rings. The van der Waals surface area contributed by atoms with Crippen LogP contribution in [-0.2, 0) is 19.1 Å². The number of rotatable bonds is 4. The molecule has 0 N–H and O–H groups in total. The van der Waals surface area contributed by atoms with E-state index in [4.69, 9.17) is 4.74 Å². The van der Waals surface area contributed by atoms with Crippen LogP contribution in [0, 0.1) is 17.3 Å². The lowest BCUT2D eigenvalue weighted by Crippen LogP contribution is -2.30. The summed E-state index contributed by atoms with van der Waals surface area (Å²) in [6.45, 7) is 5.01. The number of ketones is 1. The number of ether oxygens (including phenoxy) is 1. The summed E-state index contributed by atoms with van der Waals surface area (Å²) < 4.78 is 5.07. The molecule has 2 aliphatic rings. The van der Waals surface area contributed by atoms with Crippen molar-refractivity contribution >= 4 is 29.3 Å². The summed E-state index contributed by atoms with van der Waals surface area (Å²) in [5.74, 6) is -1.47.